The van der Waals surface area contributed by atoms with Crippen LogP contribution in [0.2, 0.25) is 0 Å². The number of aromatic nitrogens is 2. The summed E-state index contributed by atoms with van der Waals surface area (Å²) in [7, 11) is 0. The van der Waals surface area contributed by atoms with Crippen molar-refractivity contribution >= 4 is 28.0 Å². The van der Waals surface area contributed by atoms with Crippen molar-refractivity contribution in [2.24, 2.45) is 0 Å². The summed E-state index contributed by atoms with van der Waals surface area (Å²) >= 11 is 1.54. The van der Waals surface area contributed by atoms with Gasteiger partial charge >= 0.3 is 5.97 Å². The summed E-state index contributed by atoms with van der Waals surface area (Å²) in [5, 5.41) is 4.99. The molecular weight excluding hydrogens is 286 g/mol. The molecule has 5 nitrogen and oxygen atoms in total. The Labute approximate surface area is 127 Å². The molecule has 0 amide bonds. The molecular formula is C15H17N3O2S. The van der Waals surface area contributed by atoms with Crippen LogP contribution in [-0.2, 0) is 4.74 Å². The third-order valence-corrected chi connectivity index (χ3v) is 4.62. The highest BCUT2D eigenvalue weighted by Gasteiger charge is 2.27. The SMILES string of the molecule is CCOC(=O)c1nc(C2CCC2)sc1Nc1cccnc1. The molecule has 2 heterocycles. The fraction of sp³-hybridized carbons (Fsp3) is 0.400. The Kier molecular flexibility index (Phi) is 4.15. The Hall–Kier alpha value is -1.95. The summed E-state index contributed by atoms with van der Waals surface area (Å²) in [6.45, 7) is 2.15. The molecule has 6 heteroatoms. The molecule has 0 bridgehead atoms. The number of pyridine rings is 1. The van der Waals surface area contributed by atoms with Crippen molar-refractivity contribution in [2.45, 2.75) is 32.1 Å². The third kappa shape index (κ3) is 3.05. The van der Waals surface area contributed by atoms with Gasteiger partial charge in [-0.15, -0.1) is 11.3 Å². The van der Waals surface area contributed by atoms with Gasteiger partial charge in [-0.25, -0.2) is 9.78 Å². The number of rotatable bonds is 5. The van der Waals surface area contributed by atoms with Crippen molar-refractivity contribution in [3.8, 4) is 0 Å². The van der Waals surface area contributed by atoms with Gasteiger partial charge in [0.15, 0.2) is 5.69 Å². The highest BCUT2D eigenvalue weighted by molar-refractivity contribution is 7.16. The first-order chi connectivity index (χ1) is 10.3. The fourth-order valence-corrected chi connectivity index (χ4v) is 3.30. The number of carbonyl (C=O) groups excluding carboxylic acids is 1. The highest BCUT2D eigenvalue weighted by Crippen LogP contribution is 2.41. The normalized spacial score (nSPS) is 14.5. The van der Waals surface area contributed by atoms with Crippen LogP contribution in [0, 0.1) is 0 Å². The van der Waals surface area contributed by atoms with Gasteiger partial charge in [0.1, 0.15) is 5.00 Å². The average Bonchev–Trinajstić information content (AvgIpc) is 2.82. The van der Waals surface area contributed by atoms with E-state index in [0.717, 1.165) is 28.5 Å². The number of carbonyl (C=O) groups is 1. The minimum Gasteiger partial charge on any atom is -0.461 e. The first kappa shape index (κ1) is 14.0. The Morgan fingerprint density at radius 1 is 1.52 bits per heavy atom. The molecule has 110 valence electrons. The van der Waals surface area contributed by atoms with E-state index in [0.29, 0.717) is 18.2 Å². The lowest BCUT2D eigenvalue weighted by Gasteiger charge is -2.22. The van der Waals surface area contributed by atoms with Gasteiger partial charge in [0, 0.05) is 12.1 Å². The third-order valence-electron chi connectivity index (χ3n) is 3.49. The number of esters is 1. The van der Waals surface area contributed by atoms with Crippen molar-refractivity contribution in [2.75, 3.05) is 11.9 Å². The van der Waals surface area contributed by atoms with Gasteiger partial charge in [-0.2, -0.15) is 0 Å². The van der Waals surface area contributed by atoms with Gasteiger partial charge in [0.25, 0.3) is 0 Å². The summed E-state index contributed by atoms with van der Waals surface area (Å²) in [5.41, 5.74) is 1.22. The summed E-state index contributed by atoms with van der Waals surface area (Å²) in [6, 6.07) is 3.75. The van der Waals surface area contributed by atoms with Crippen LogP contribution in [0.4, 0.5) is 10.7 Å². The molecule has 2 aromatic heterocycles. The molecule has 1 N–H and O–H groups in total. The molecule has 21 heavy (non-hydrogen) atoms. The maximum absolute atomic E-state index is 12.1. The zero-order valence-corrected chi connectivity index (χ0v) is 12.7. The first-order valence-corrected chi connectivity index (χ1v) is 7.94. The minimum atomic E-state index is -0.370. The van der Waals surface area contributed by atoms with Gasteiger partial charge in [-0.1, -0.05) is 6.42 Å². The van der Waals surface area contributed by atoms with E-state index in [1.54, 1.807) is 30.7 Å². The molecule has 2 aromatic rings. The molecule has 0 aliphatic heterocycles. The number of hydrogen-bond donors (Lipinski definition) is 1. The molecule has 1 fully saturated rings. The standard InChI is InChI=1S/C15H17N3O2S/c1-2-20-15(19)12-14(17-11-7-4-8-16-9-11)21-13(18-12)10-5-3-6-10/h4,7-10,17H,2-3,5-6H2,1H3. The number of thiazole rings is 1. The first-order valence-electron chi connectivity index (χ1n) is 7.13. The predicted octanol–water partition coefficient (Wildman–Crippen LogP) is 3.73. The summed E-state index contributed by atoms with van der Waals surface area (Å²) in [4.78, 5) is 20.6. The maximum Gasteiger partial charge on any atom is 0.360 e. The maximum atomic E-state index is 12.1. The van der Waals surface area contributed by atoms with E-state index < -0.39 is 0 Å². The van der Waals surface area contributed by atoms with Crippen LogP contribution in [-0.4, -0.2) is 22.5 Å². The van der Waals surface area contributed by atoms with Crippen LogP contribution in [0.5, 0.6) is 0 Å². The number of anilines is 2. The van der Waals surface area contributed by atoms with Crippen LogP contribution in [0.3, 0.4) is 0 Å². The van der Waals surface area contributed by atoms with Crippen molar-refractivity contribution < 1.29 is 9.53 Å². The minimum absolute atomic E-state index is 0.349. The van der Waals surface area contributed by atoms with E-state index in [1.165, 1.54) is 6.42 Å². The van der Waals surface area contributed by atoms with Crippen LogP contribution in [0.25, 0.3) is 0 Å². The van der Waals surface area contributed by atoms with Crippen molar-refractivity contribution in [3.63, 3.8) is 0 Å². The van der Waals surface area contributed by atoms with Crippen molar-refractivity contribution in [3.05, 3.63) is 35.2 Å². The highest BCUT2D eigenvalue weighted by atomic mass is 32.1. The monoisotopic (exact) mass is 303 g/mol. The summed E-state index contributed by atoms with van der Waals surface area (Å²) in [6.07, 6.45) is 6.98. The number of nitrogens with zero attached hydrogens (tertiary/aromatic N) is 2. The number of hydrogen-bond acceptors (Lipinski definition) is 6. The van der Waals surface area contributed by atoms with Gasteiger partial charge in [-0.3, -0.25) is 4.98 Å². The second-order valence-electron chi connectivity index (χ2n) is 4.94. The van der Waals surface area contributed by atoms with E-state index in [9.17, 15) is 4.79 Å². The Balaban J connectivity index is 1.88. The van der Waals surface area contributed by atoms with E-state index in [1.807, 2.05) is 12.1 Å². The predicted molar refractivity (Wildman–Crippen MR) is 82.2 cm³/mol. The van der Waals surface area contributed by atoms with Crippen LogP contribution in [0.15, 0.2) is 24.5 Å². The summed E-state index contributed by atoms with van der Waals surface area (Å²) < 4.78 is 5.10. The zero-order valence-electron chi connectivity index (χ0n) is 11.8. The smallest absolute Gasteiger partial charge is 0.360 e. The quantitative estimate of drug-likeness (QED) is 0.853. The largest absolute Gasteiger partial charge is 0.461 e. The number of nitrogens with one attached hydrogen (secondary N) is 1. The van der Waals surface area contributed by atoms with Gasteiger partial charge < -0.3 is 10.1 Å². The average molecular weight is 303 g/mol. The lowest BCUT2D eigenvalue weighted by molar-refractivity contribution is 0.0521. The fourth-order valence-electron chi connectivity index (χ4n) is 2.16. The van der Waals surface area contributed by atoms with E-state index in [2.05, 4.69) is 15.3 Å². The van der Waals surface area contributed by atoms with Crippen LogP contribution < -0.4 is 5.32 Å². The van der Waals surface area contributed by atoms with Crippen molar-refractivity contribution in [1.29, 1.82) is 0 Å². The molecule has 0 atom stereocenters. The molecule has 1 saturated carbocycles. The topological polar surface area (TPSA) is 64.1 Å². The summed E-state index contributed by atoms with van der Waals surface area (Å²) in [5.74, 6) is 0.123. The van der Waals surface area contributed by atoms with Gasteiger partial charge in [-0.05, 0) is 31.9 Å². The van der Waals surface area contributed by atoms with Gasteiger partial charge in [0.2, 0.25) is 0 Å². The second kappa shape index (κ2) is 6.22. The van der Waals surface area contributed by atoms with E-state index in [4.69, 9.17) is 4.74 Å². The molecule has 0 spiro atoms. The molecule has 0 unspecified atom stereocenters. The Bertz CT molecular complexity index is 623. The van der Waals surface area contributed by atoms with E-state index in [-0.39, 0.29) is 5.97 Å². The zero-order chi connectivity index (χ0) is 14.7. The molecule has 1 aliphatic rings. The molecule has 0 radical (unpaired) electrons. The lowest BCUT2D eigenvalue weighted by atomic mass is 9.86. The molecule has 0 aromatic carbocycles. The second-order valence-corrected chi connectivity index (χ2v) is 5.98. The van der Waals surface area contributed by atoms with E-state index >= 15 is 0 Å². The molecule has 3 rings (SSSR count). The van der Waals surface area contributed by atoms with Crippen molar-refractivity contribution in [1.82, 2.24) is 9.97 Å². The van der Waals surface area contributed by atoms with Gasteiger partial charge in [0.05, 0.1) is 23.5 Å². The Morgan fingerprint density at radius 3 is 3.00 bits per heavy atom. The molecule has 1 aliphatic carbocycles. The van der Waals surface area contributed by atoms with Crippen LogP contribution >= 0.6 is 11.3 Å². The van der Waals surface area contributed by atoms with Crippen LogP contribution in [0.1, 0.15) is 47.6 Å². The molecule has 0 saturated heterocycles. The Morgan fingerprint density at radius 2 is 2.38 bits per heavy atom. The lowest BCUT2D eigenvalue weighted by Crippen LogP contribution is -2.10. The number of ether oxygens (including phenoxy) is 1.